The molecule has 0 bridgehead atoms. The van der Waals surface area contributed by atoms with Gasteiger partial charge in [-0.15, -0.1) is 5.53 Å². The summed E-state index contributed by atoms with van der Waals surface area (Å²) in [4.78, 5) is 20.2. The van der Waals surface area contributed by atoms with Gasteiger partial charge in [-0.3, -0.25) is 19.5 Å². The molecule has 0 saturated heterocycles. The number of rotatable bonds is 9. The molecule has 3 aliphatic rings. The van der Waals surface area contributed by atoms with E-state index in [4.69, 9.17) is 4.74 Å². The summed E-state index contributed by atoms with van der Waals surface area (Å²) in [5.41, 5.74) is 10.5. The van der Waals surface area contributed by atoms with E-state index in [1.165, 1.54) is 7.11 Å². The Morgan fingerprint density at radius 3 is 2.51 bits per heavy atom. The average Bonchev–Trinajstić information content (AvgIpc) is 3.54. The monoisotopic (exact) mass is 611 g/mol. The zero-order valence-electron chi connectivity index (χ0n) is 25.6. The third-order valence-corrected chi connectivity index (χ3v) is 8.56. The first-order chi connectivity index (χ1) is 20.2. The van der Waals surface area contributed by atoms with Crippen molar-refractivity contribution in [2.75, 3.05) is 42.0 Å². The molecule has 0 radical (unpaired) electrons. The minimum Gasteiger partial charge on any atom is -0.492 e. The number of ether oxygens (including phenoxy) is 1. The van der Waals surface area contributed by atoms with Gasteiger partial charge in [0.1, 0.15) is 11.9 Å². The fourth-order valence-electron chi connectivity index (χ4n) is 5.29. The van der Waals surface area contributed by atoms with Crippen molar-refractivity contribution in [2.24, 2.45) is 10.9 Å². The van der Waals surface area contributed by atoms with Crippen molar-refractivity contribution in [1.29, 1.82) is 0 Å². The summed E-state index contributed by atoms with van der Waals surface area (Å²) < 4.78 is 32.2. The Hall–Kier alpha value is -3.81. The maximum absolute atomic E-state index is 13.6. The Balaban J connectivity index is 1.38. The Morgan fingerprint density at radius 1 is 1.19 bits per heavy atom. The number of aliphatic hydroxyl groups is 1. The maximum Gasteiger partial charge on any atom is 0.255 e. The van der Waals surface area contributed by atoms with Gasteiger partial charge in [-0.1, -0.05) is 26.8 Å². The molecule has 5 N–H and O–H groups in total. The van der Waals surface area contributed by atoms with Crippen LogP contribution in [0.15, 0.2) is 47.2 Å². The maximum atomic E-state index is 13.6. The van der Waals surface area contributed by atoms with Crippen LogP contribution in [0.4, 0.5) is 17.1 Å². The van der Waals surface area contributed by atoms with Gasteiger partial charge in [0.25, 0.3) is 5.91 Å². The molecule has 43 heavy (non-hydrogen) atoms. The Morgan fingerprint density at radius 2 is 1.88 bits per heavy atom. The topological polar surface area (TPSA) is 148 Å². The van der Waals surface area contributed by atoms with Crippen LogP contribution < -0.4 is 30.7 Å². The van der Waals surface area contributed by atoms with Crippen LogP contribution in [0, 0.1) is 12.8 Å². The van der Waals surface area contributed by atoms with Crippen molar-refractivity contribution in [1.82, 2.24) is 15.9 Å². The van der Waals surface area contributed by atoms with Gasteiger partial charge in [0.05, 0.1) is 48.7 Å². The lowest BCUT2D eigenvalue weighted by Gasteiger charge is -2.26. The lowest BCUT2D eigenvalue weighted by atomic mass is 9.86. The van der Waals surface area contributed by atoms with E-state index in [1.54, 1.807) is 24.3 Å². The summed E-state index contributed by atoms with van der Waals surface area (Å²) in [6.45, 7) is 8.50. The second-order valence-electron chi connectivity index (χ2n) is 12.5. The van der Waals surface area contributed by atoms with Crippen LogP contribution in [-0.4, -0.2) is 69.3 Å². The van der Waals surface area contributed by atoms with Crippen molar-refractivity contribution in [3.63, 3.8) is 0 Å². The highest BCUT2D eigenvalue weighted by Crippen LogP contribution is 2.40. The molecule has 0 aromatic heterocycles. The number of aliphatic imine (C=N–C) groups is 1. The summed E-state index contributed by atoms with van der Waals surface area (Å²) >= 11 is 0. The van der Waals surface area contributed by atoms with Crippen LogP contribution in [0.2, 0.25) is 0 Å². The number of hydrazine groups is 2. The predicted octanol–water partition coefficient (Wildman–Crippen LogP) is 3.08. The largest absolute Gasteiger partial charge is 0.492 e. The summed E-state index contributed by atoms with van der Waals surface area (Å²) in [6.07, 6.45) is 4.54. The molecule has 2 aliphatic heterocycles. The number of amides is 1. The molecular weight excluding hydrogens is 570 g/mol. The number of methoxy groups -OCH3 is 1. The van der Waals surface area contributed by atoms with Crippen LogP contribution in [0.5, 0.6) is 5.75 Å². The lowest BCUT2D eigenvalue weighted by Crippen LogP contribution is -2.44. The van der Waals surface area contributed by atoms with E-state index < -0.39 is 16.1 Å². The number of benzene rings is 2. The molecule has 1 aliphatic carbocycles. The van der Waals surface area contributed by atoms with Gasteiger partial charge in [0.15, 0.2) is 5.75 Å². The Kier molecular flexibility index (Phi) is 8.09. The highest BCUT2D eigenvalue weighted by molar-refractivity contribution is 7.92. The Bertz CT molecular complexity index is 1590. The molecule has 0 spiro atoms. The van der Waals surface area contributed by atoms with E-state index in [0.717, 1.165) is 47.4 Å². The summed E-state index contributed by atoms with van der Waals surface area (Å²) in [6, 6.07) is 8.86. The summed E-state index contributed by atoms with van der Waals surface area (Å²) in [5, 5.41) is 15.4. The number of hydrogen-bond donors (Lipinski definition) is 5. The van der Waals surface area contributed by atoms with Gasteiger partial charge >= 0.3 is 0 Å². The highest BCUT2D eigenvalue weighted by Gasteiger charge is 2.40. The smallest absolute Gasteiger partial charge is 0.255 e. The molecular formula is C30H41N7O5S. The minimum absolute atomic E-state index is 0.0509. The summed E-state index contributed by atoms with van der Waals surface area (Å²) in [5.74, 6) is 0.862. The van der Waals surface area contributed by atoms with Gasteiger partial charge in [-0.2, -0.15) is 0 Å². The number of anilines is 3. The predicted molar refractivity (Wildman–Crippen MR) is 169 cm³/mol. The van der Waals surface area contributed by atoms with Gasteiger partial charge in [0.2, 0.25) is 10.0 Å². The quantitative estimate of drug-likeness (QED) is 0.289. The van der Waals surface area contributed by atoms with E-state index in [0.29, 0.717) is 23.7 Å². The van der Waals surface area contributed by atoms with Crippen LogP contribution in [0.3, 0.4) is 0 Å². The van der Waals surface area contributed by atoms with Gasteiger partial charge in [-0.05, 0) is 66.5 Å². The van der Waals surface area contributed by atoms with Gasteiger partial charge in [-0.25, -0.2) is 8.42 Å². The first-order valence-electron chi connectivity index (χ1n) is 14.3. The summed E-state index contributed by atoms with van der Waals surface area (Å²) in [7, 11) is -0.225. The number of amidine groups is 1. The van der Waals surface area contributed by atoms with Gasteiger partial charge < -0.3 is 25.5 Å². The zero-order chi connectivity index (χ0) is 31.3. The van der Waals surface area contributed by atoms with Crippen molar-refractivity contribution in [2.45, 2.75) is 58.1 Å². The number of aliphatic hydroxyl groups excluding tert-OH is 1. The number of aryl methyl sites for hydroxylation is 1. The van der Waals surface area contributed by atoms with E-state index in [9.17, 15) is 18.3 Å². The fourth-order valence-corrected chi connectivity index (χ4v) is 5.84. The van der Waals surface area contributed by atoms with E-state index in [-0.39, 0.29) is 28.8 Å². The van der Waals surface area contributed by atoms with Crippen molar-refractivity contribution in [3.8, 4) is 5.75 Å². The fraction of sp³-hybridized carbons (Fsp3) is 0.467. The molecule has 2 aromatic rings. The molecule has 232 valence electrons. The number of nitrogens with zero attached hydrogens (tertiary/aromatic N) is 3. The second-order valence-corrected chi connectivity index (χ2v) is 14.2. The SMILES string of the molecule is COc1c(NC(=O)c2ccc(C)c(N3C=C(C4CN=C(C(O)C5CC5)N4C)NN3)c2)cc(C(C)(C)C)cc1NS(C)(=O)=O. The molecule has 13 heteroatoms. The van der Waals surface area contributed by atoms with Crippen molar-refractivity contribution in [3.05, 3.63) is 58.9 Å². The first-order valence-corrected chi connectivity index (χ1v) is 16.2. The molecule has 2 atom stereocenters. The molecule has 12 nitrogen and oxygen atoms in total. The average molecular weight is 612 g/mol. The first kappa shape index (κ1) is 30.6. The molecule has 5 rings (SSSR count). The number of sulfonamides is 1. The van der Waals surface area contributed by atoms with Gasteiger partial charge in [0, 0.05) is 18.8 Å². The zero-order valence-corrected chi connectivity index (χ0v) is 26.5. The van der Waals surface area contributed by atoms with E-state index in [1.807, 2.05) is 56.9 Å². The van der Waals surface area contributed by atoms with Crippen molar-refractivity contribution >= 4 is 38.8 Å². The lowest BCUT2D eigenvalue weighted by molar-refractivity contribution is 0.102. The molecule has 2 heterocycles. The minimum atomic E-state index is -3.60. The molecule has 2 unspecified atom stereocenters. The molecule has 1 saturated carbocycles. The number of likely N-dealkylation sites (N-methyl/N-ethyl adjacent to an activating group) is 1. The van der Waals surface area contributed by atoms with Crippen LogP contribution in [-0.2, 0) is 15.4 Å². The van der Waals surface area contributed by atoms with Crippen LogP contribution in [0.25, 0.3) is 0 Å². The van der Waals surface area contributed by atoms with E-state index >= 15 is 0 Å². The third kappa shape index (κ3) is 6.58. The highest BCUT2D eigenvalue weighted by atomic mass is 32.2. The number of carbonyl (C=O) groups is 1. The Labute approximate surface area is 253 Å². The molecule has 1 amide bonds. The third-order valence-electron chi connectivity index (χ3n) is 7.97. The molecule has 1 fully saturated rings. The second kappa shape index (κ2) is 11.4. The van der Waals surface area contributed by atoms with Crippen molar-refractivity contribution < 1.29 is 23.1 Å². The number of carbonyl (C=O) groups excluding carboxylic acids is 1. The number of hydrogen-bond acceptors (Lipinski definition) is 10. The molecule has 2 aromatic carbocycles. The normalized spacial score (nSPS) is 19.5. The number of nitrogens with one attached hydrogen (secondary N) is 4. The van der Waals surface area contributed by atoms with Crippen LogP contribution in [0.1, 0.15) is 55.1 Å². The standard InChI is InChI=1S/C30H41N7O5S/c1-17-8-9-19(29(39)32-21-13-20(30(2,3)4)14-22(27(21)42-6)34-43(7,40)41)12-24(17)37-16-23(33-35-37)25-15-31-28(36(25)5)26(38)18-10-11-18/h8-9,12-14,16,18,25-26,33-35,38H,10-11,15H2,1-7H3,(H,32,39). The van der Waals surface area contributed by atoms with Crippen LogP contribution >= 0.6 is 0 Å². The van der Waals surface area contributed by atoms with E-state index in [2.05, 4.69) is 26.0 Å².